The van der Waals surface area contributed by atoms with E-state index in [1.165, 1.54) is 18.5 Å². The van der Waals surface area contributed by atoms with Crippen molar-refractivity contribution in [1.29, 1.82) is 0 Å². The summed E-state index contributed by atoms with van der Waals surface area (Å²) < 4.78 is 19.5. The highest BCUT2D eigenvalue weighted by Gasteiger charge is 2.31. The molecule has 1 N–H and O–H groups in total. The second kappa shape index (κ2) is 12.7. The van der Waals surface area contributed by atoms with Crippen molar-refractivity contribution >= 4 is 40.4 Å². The van der Waals surface area contributed by atoms with E-state index in [0.29, 0.717) is 44.1 Å². The SMILES string of the molecule is C=C1/C=C(OC2CN(S(C)=O)C2)\C=C/CC(C2CCN(C(=O)Nc3ccc(N4CCCC4)cc3)CC2)=NC=N1. The zero-order chi connectivity index (χ0) is 27.2. The molecule has 1 unspecified atom stereocenters. The van der Waals surface area contributed by atoms with E-state index < -0.39 is 11.0 Å². The summed E-state index contributed by atoms with van der Waals surface area (Å²) in [7, 11) is -0.966. The van der Waals surface area contributed by atoms with Crippen molar-refractivity contribution in [2.75, 3.05) is 55.7 Å². The van der Waals surface area contributed by atoms with Crippen LogP contribution in [0, 0.1) is 5.92 Å². The quantitative estimate of drug-likeness (QED) is 0.570. The van der Waals surface area contributed by atoms with E-state index in [9.17, 15) is 9.00 Å². The zero-order valence-corrected chi connectivity index (χ0v) is 23.4. The Labute approximate surface area is 233 Å². The minimum absolute atomic E-state index is 0.0103. The Kier molecular flexibility index (Phi) is 8.93. The molecule has 5 rings (SSSR count). The molecule has 0 spiro atoms. The molecule has 4 heterocycles. The van der Waals surface area contributed by atoms with Crippen LogP contribution in [-0.4, -0.2) is 83.1 Å². The maximum absolute atomic E-state index is 12.9. The van der Waals surface area contributed by atoms with Crippen molar-refractivity contribution in [3.05, 3.63) is 60.5 Å². The van der Waals surface area contributed by atoms with Crippen LogP contribution in [0.25, 0.3) is 0 Å². The lowest BCUT2D eigenvalue weighted by atomic mass is 9.90. The van der Waals surface area contributed by atoms with E-state index in [1.807, 2.05) is 27.4 Å². The van der Waals surface area contributed by atoms with Crippen molar-refractivity contribution in [2.24, 2.45) is 15.9 Å². The number of anilines is 2. The van der Waals surface area contributed by atoms with Crippen LogP contribution in [0.4, 0.5) is 16.2 Å². The number of ether oxygens (including phenoxy) is 1. The maximum atomic E-state index is 12.9. The van der Waals surface area contributed by atoms with Gasteiger partial charge in [-0.15, -0.1) is 0 Å². The summed E-state index contributed by atoms with van der Waals surface area (Å²) in [6.07, 6.45) is 14.0. The van der Waals surface area contributed by atoms with Gasteiger partial charge in [0.05, 0.1) is 16.7 Å². The molecular formula is C29H38N6O3S. The number of rotatable bonds is 6. The number of allylic oxidation sites excluding steroid dienone is 3. The Morgan fingerprint density at radius 1 is 1.10 bits per heavy atom. The Morgan fingerprint density at radius 2 is 1.82 bits per heavy atom. The first-order valence-electron chi connectivity index (χ1n) is 13.8. The van der Waals surface area contributed by atoms with Crippen LogP contribution >= 0.6 is 0 Å². The number of hydrogen-bond acceptors (Lipinski definition) is 6. The molecule has 0 bridgehead atoms. The molecule has 10 heteroatoms. The van der Waals surface area contributed by atoms with Gasteiger partial charge in [-0.1, -0.05) is 12.7 Å². The number of carbonyl (C=O) groups excluding carboxylic acids is 1. The molecule has 208 valence electrons. The molecule has 0 aliphatic carbocycles. The number of likely N-dealkylation sites (tertiary alicyclic amines) is 1. The minimum Gasteiger partial charge on any atom is -0.488 e. The van der Waals surface area contributed by atoms with Crippen molar-refractivity contribution in [2.45, 2.75) is 38.2 Å². The fraction of sp³-hybridized carbons (Fsp3) is 0.483. The normalized spacial score (nSPS) is 24.4. The smallest absolute Gasteiger partial charge is 0.321 e. The molecule has 0 radical (unpaired) electrons. The fourth-order valence-electron chi connectivity index (χ4n) is 5.35. The van der Waals surface area contributed by atoms with Crippen LogP contribution < -0.4 is 10.2 Å². The van der Waals surface area contributed by atoms with E-state index in [-0.39, 0.29) is 18.1 Å². The summed E-state index contributed by atoms with van der Waals surface area (Å²) in [5.41, 5.74) is 3.66. The number of nitrogens with one attached hydrogen (secondary N) is 1. The Bertz CT molecular complexity index is 1190. The van der Waals surface area contributed by atoms with Crippen molar-refractivity contribution in [3.8, 4) is 0 Å². The average Bonchev–Trinajstić information content (AvgIpc) is 3.45. The highest BCUT2D eigenvalue weighted by molar-refractivity contribution is 7.81. The van der Waals surface area contributed by atoms with Gasteiger partial charge in [-0.2, -0.15) is 0 Å². The summed E-state index contributed by atoms with van der Waals surface area (Å²) in [4.78, 5) is 26.2. The lowest BCUT2D eigenvalue weighted by Gasteiger charge is -2.37. The summed E-state index contributed by atoms with van der Waals surface area (Å²) >= 11 is 0. The second-order valence-electron chi connectivity index (χ2n) is 10.5. The molecule has 4 aliphatic heterocycles. The van der Waals surface area contributed by atoms with Crippen molar-refractivity contribution in [3.63, 3.8) is 0 Å². The third-order valence-electron chi connectivity index (χ3n) is 7.69. The van der Waals surface area contributed by atoms with E-state index >= 15 is 0 Å². The Hall–Kier alpha value is -3.24. The van der Waals surface area contributed by atoms with Crippen molar-refractivity contribution in [1.82, 2.24) is 9.21 Å². The van der Waals surface area contributed by atoms with Crippen LogP contribution in [-0.2, 0) is 15.7 Å². The minimum atomic E-state index is -0.966. The van der Waals surface area contributed by atoms with Gasteiger partial charge in [-0.25, -0.2) is 23.3 Å². The molecule has 3 saturated heterocycles. The summed E-state index contributed by atoms with van der Waals surface area (Å²) in [5, 5.41) is 3.06. The molecule has 1 atom stereocenters. The summed E-state index contributed by atoms with van der Waals surface area (Å²) in [6, 6.07) is 8.11. The van der Waals surface area contributed by atoms with E-state index in [4.69, 9.17) is 4.74 Å². The van der Waals surface area contributed by atoms with Crippen LogP contribution in [0.5, 0.6) is 0 Å². The second-order valence-corrected chi connectivity index (χ2v) is 11.8. The standard InChI is InChI=1S/C29H38N6O3S/c1-22-18-26(38-27-19-35(20-27)39(2)37)6-5-7-28(31-21-30-22)23-12-16-34(17-13-23)29(36)32-24-8-10-25(11-9-24)33-14-3-4-15-33/h5-6,8-11,18,21,23,27H,1,3-4,7,12-17,19-20H2,2H3,(H,32,36)/b6-5-,26-18+,30-21?,31-28?. The van der Waals surface area contributed by atoms with Gasteiger partial charge >= 0.3 is 6.03 Å². The zero-order valence-electron chi connectivity index (χ0n) is 22.6. The van der Waals surface area contributed by atoms with Crippen LogP contribution in [0.15, 0.2) is 70.5 Å². The average molecular weight is 551 g/mol. The monoisotopic (exact) mass is 550 g/mol. The molecule has 9 nitrogen and oxygen atoms in total. The number of aliphatic imine (C=N–C) groups is 2. The number of urea groups is 1. The van der Waals surface area contributed by atoms with Gasteiger partial charge in [-0.05, 0) is 56.0 Å². The predicted octanol–water partition coefficient (Wildman–Crippen LogP) is 4.35. The lowest BCUT2D eigenvalue weighted by molar-refractivity contribution is 0.0303. The van der Waals surface area contributed by atoms with E-state index in [2.05, 4.69) is 45.0 Å². The number of carbonyl (C=O) groups is 1. The Morgan fingerprint density at radius 3 is 2.51 bits per heavy atom. The molecule has 0 aromatic heterocycles. The topological polar surface area (TPSA) is 89.8 Å². The number of amides is 2. The van der Waals surface area contributed by atoms with Crippen LogP contribution in [0.1, 0.15) is 32.1 Å². The first-order chi connectivity index (χ1) is 18.9. The van der Waals surface area contributed by atoms with Crippen LogP contribution in [0.2, 0.25) is 0 Å². The highest BCUT2D eigenvalue weighted by Crippen LogP contribution is 2.25. The first-order valence-corrected chi connectivity index (χ1v) is 15.3. The highest BCUT2D eigenvalue weighted by atomic mass is 32.2. The third-order valence-corrected chi connectivity index (χ3v) is 8.71. The Balaban J connectivity index is 1.11. The van der Waals surface area contributed by atoms with Gasteiger partial charge in [0.25, 0.3) is 0 Å². The number of piperidine rings is 1. The fourth-order valence-corrected chi connectivity index (χ4v) is 6.10. The van der Waals surface area contributed by atoms with Gasteiger partial charge in [-0.3, -0.25) is 0 Å². The molecular weight excluding hydrogens is 512 g/mol. The summed E-state index contributed by atoms with van der Waals surface area (Å²) in [5.74, 6) is 0.982. The summed E-state index contributed by atoms with van der Waals surface area (Å²) in [6.45, 7) is 8.86. The van der Waals surface area contributed by atoms with Gasteiger partial charge in [0.1, 0.15) is 18.2 Å². The molecule has 1 aromatic rings. The lowest BCUT2D eigenvalue weighted by Crippen LogP contribution is -2.52. The number of benzene rings is 1. The van der Waals surface area contributed by atoms with E-state index in [1.54, 1.807) is 18.7 Å². The van der Waals surface area contributed by atoms with Crippen LogP contribution in [0.3, 0.4) is 0 Å². The molecule has 2 amide bonds. The predicted molar refractivity (Wildman–Crippen MR) is 159 cm³/mol. The van der Waals surface area contributed by atoms with Crippen molar-refractivity contribution < 1.29 is 13.7 Å². The van der Waals surface area contributed by atoms with E-state index in [0.717, 1.165) is 37.3 Å². The number of hydrogen-bond donors (Lipinski definition) is 1. The van der Waals surface area contributed by atoms with Gasteiger partial charge in [0.15, 0.2) is 0 Å². The van der Waals surface area contributed by atoms with Gasteiger partial charge in [0.2, 0.25) is 0 Å². The first kappa shape index (κ1) is 27.3. The molecule has 39 heavy (non-hydrogen) atoms. The third kappa shape index (κ3) is 7.24. The maximum Gasteiger partial charge on any atom is 0.321 e. The van der Waals surface area contributed by atoms with Gasteiger partial charge < -0.3 is 19.9 Å². The largest absolute Gasteiger partial charge is 0.488 e. The molecule has 3 fully saturated rings. The molecule has 1 aromatic carbocycles. The van der Waals surface area contributed by atoms with Gasteiger partial charge in [0, 0.05) is 81.0 Å². The molecule has 0 saturated carbocycles. The number of nitrogens with zero attached hydrogens (tertiary/aromatic N) is 5. The molecule has 4 aliphatic rings.